The maximum atomic E-state index is 12.9. The van der Waals surface area contributed by atoms with E-state index in [2.05, 4.69) is 45.0 Å². The second-order valence-corrected chi connectivity index (χ2v) is 12.5. The summed E-state index contributed by atoms with van der Waals surface area (Å²) in [6.07, 6.45) is 4.02. The van der Waals surface area contributed by atoms with Gasteiger partial charge in [-0.25, -0.2) is 0 Å². The highest BCUT2D eigenvalue weighted by Gasteiger charge is 2.36. The van der Waals surface area contributed by atoms with Crippen molar-refractivity contribution in [3.8, 4) is 0 Å². The summed E-state index contributed by atoms with van der Waals surface area (Å²) < 4.78 is 5.38. The number of carbonyl (C=O) groups is 2. The van der Waals surface area contributed by atoms with Crippen LogP contribution in [0.15, 0.2) is 30.3 Å². The lowest BCUT2D eigenvalue weighted by Gasteiger charge is -2.43. The second-order valence-electron chi connectivity index (χ2n) is 12.5. The lowest BCUT2D eigenvalue weighted by Crippen LogP contribution is -2.54. The molecule has 0 aliphatic carbocycles. The molecule has 3 saturated heterocycles. The van der Waals surface area contributed by atoms with Gasteiger partial charge in [-0.3, -0.25) is 19.4 Å². The summed E-state index contributed by atoms with van der Waals surface area (Å²) in [6.45, 7) is 14.5. The molecule has 0 bridgehead atoms. The van der Waals surface area contributed by atoms with Gasteiger partial charge in [0.25, 0.3) is 0 Å². The van der Waals surface area contributed by atoms with Crippen LogP contribution in [-0.4, -0.2) is 113 Å². The van der Waals surface area contributed by atoms with Gasteiger partial charge < -0.3 is 19.6 Å². The van der Waals surface area contributed by atoms with Gasteiger partial charge in [-0.1, -0.05) is 30.3 Å². The summed E-state index contributed by atoms with van der Waals surface area (Å²) in [5, 5.41) is 10.8. The largest absolute Gasteiger partial charge is 0.460 e. The van der Waals surface area contributed by atoms with Crippen LogP contribution in [0.5, 0.6) is 0 Å². The molecule has 1 amide bonds. The molecule has 0 atom stereocenters. The van der Waals surface area contributed by atoms with Crippen molar-refractivity contribution in [2.45, 2.75) is 83.1 Å². The molecule has 8 nitrogen and oxygen atoms in total. The Hall–Kier alpha value is -2.00. The van der Waals surface area contributed by atoms with E-state index in [1.165, 1.54) is 18.4 Å². The summed E-state index contributed by atoms with van der Waals surface area (Å²) in [6, 6.07) is 11.4. The maximum Gasteiger partial charge on any atom is 0.309 e. The molecule has 0 spiro atoms. The number of ether oxygens (including phenoxy) is 1. The maximum absolute atomic E-state index is 12.9. The fourth-order valence-electron chi connectivity index (χ4n) is 6.05. The van der Waals surface area contributed by atoms with Gasteiger partial charge in [0.15, 0.2) is 0 Å². The first-order chi connectivity index (χ1) is 18.1. The van der Waals surface area contributed by atoms with E-state index in [1.54, 1.807) is 0 Å². The minimum Gasteiger partial charge on any atom is -0.460 e. The Balaban J connectivity index is 1.10. The zero-order valence-corrected chi connectivity index (χ0v) is 23.7. The average Bonchev–Trinajstić information content (AvgIpc) is 2.88. The van der Waals surface area contributed by atoms with E-state index in [4.69, 9.17) is 4.74 Å². The predicted molar refractivity (Wildman–Crippen MR) is 149 cm³/mol. The van der Waals surface area contributed by atoms with Crippen LogP contribution in [0.25, 0.3) is 0 Å². The van der Waals surface area contributed by atoms with E-state index in [0.29, 0.717) is 44.9 Å². The molecule has 3 fully saturated rings. The Morgan fingerprint density at radius 1 is 0.921 bits per heavy atom. The fraction of sp³-hybridized carbons (Fsp3) is 0.733. The van der Waals surface area contributed by atoms with Crippen LogP contribution < -0.4 is 0 Å². The number of esters is 1. The monoisotopic (exact) mass is 528 g/mol. The number of aliphatic hydroxyl groups is 1. The van der Waals surface area contributed by atoms with Crippen molar-refractivity contribution >= 4 is 11.9 Å². The highest BCUT2D eigenvalue weighted by molar-refractivity contribution is 5.76. The van der Waals surface area contributed by atoms with Gasteiger partial charge in [0.05, 0.1) is 12.0 Å². The molecule has 212 valence electrons. The lowest BCUT2D eigenvalue weighted by atomic mass is 9.88. The molecule has 0 saturated carbocycles. The van der Waals surface area contributed by atoms with Crippen molar-refractivity contribution in [1.82, 2.24) is 19.6 Å². The van der Waals surface area contributed by atoms with Crippen molar-refractivity contribution < 1.29 is 19.4 Å². The average molecular weight is 529 g/mol. The van der Waals surface area contributed by atoms with Crippen LogP contribution >= 0.6 is 0 Å². The minimum absolute atomic E-state index is 0.0351. The summed E-state index contributed by atoms with van der Waals surface area (Å²) in [4.78, 5) is 34.5. The molecule has 4 rings (SSSR count). The number of hydrogen-bond acceptors (Lipinski definition) is 7. The third kappa shape index (κ3) is 8.76. The molecule has 3 aliphatic rings. The standard InChI is InChI=1S/C30H48N4O4/c1-29(2,3)38-28(36)23-30(37)12-17-31(18-13-30)16-11-27(35)34-21-19-33(20-22-34)26-9-14-32(15-10-26)24-25-7-5-4-6-8-25/h4-8,26,37H,9-24H2,1-3H3. The van der Waals surface area contributed by atoms with E-state index < -0.39 is 11.2 Å². The number of amides is 1. The van der Waals surface area contributed by atoms with Crippen LogP contribution in [0, 0.1) is 0 Å². The van der Waals surface area contributed by atoms with Gasteiger partial charge in [0.1, 0.15) is 5.60 Å². The molecular weight excluding hydrogens is 480 g/mol. The van der Waals surface area contributed by atoms with Crippen LogP contribution in [0.1, 0.15) is 64.9 Å². The third-order valence-electron chi connectivity index (χ3n) is 8.31. The summed E-state index contributed by atoms with van der Waals surface area (Å²) in [5.41, 5.74) is -0.157. The molecular formula is C30H48N4O4. The van der Waals surface area contributed by atoms with E-state index in [1.807, 2.05) is 25.7 Å². The van der Waals surface area contributed by atoms with Crippen LogP contribution in [-0.2, 0) is 20.9 Å². The molecule has 1 aromatic rings. The number of carbonyl (C=O) groups excluding carboxylic acids is 2. The van der Waals surface area contributed by atoms with Crippen molar-refractivity contribution in [2.75, 3.05) is 58.9 Å². The van der Waals surface area contributed by atoms with Crippen LogP contribution in [0.2, 0.25) is 0 Å². The molecule has 3 aliphatic heterocycles. The summed E-state index contributed by atoms with van der Waals surface area (Å²) in [7, 11) is 0. The van der Waals surface area contributed by atoms with Gasteiger partial charge in [0.2, 0.25) is 5.91 Å². The van der Waals surface area contributed by atoms with Gasteiger partial charge in [-0.2, -0.15) is 0 Å². The number of nitrogens with zero attached hydrogens (tertiary/aromatic N) is 4. The van der Waals surface area contributed by atoms with Crippen LogP contribution in [0.3, 0.4) is 0 Å². The zero-order valence-electron chi connectivity index (χ0n) is 23.7. The number of benzene rings is 1. The predicted octanol–water partition coefficient (Wildman–Crippen LogP) is 2.74. The zero-order chi connectivity index (χ0) is 27.2. The van der Waals surface area contributed by atoms with E-state index in [9.17, 15) is 14.7 Å². The first kappa shape index (κ1) is 29.0. The summed E-state index contributed by atoms with van der Waals surface area (Å²) >= 11 is 0. The highest BCUT2D eigenvalue weighted by atomic mass is 16.6. The molecule has 0 unspecified atom stereocenters. The van der Waals surface area contributed by atoms with Gasteiger partial charge in [-0.05, 0) is 65.1 Å². The normalized spacial score (nSPS) is 22.4. The quantitative estimate of drug-likeness (QED) is 0.520. The summed E-state index contributed by atoms with van der Waals surface area (Å²) in [5.74, 6) is -0.113. The number of piperidine rings is 2. The van der Waals surface area contributed by atoms with Gasteiger partial charge >= 0.3 is 5.97 Å². The first-order valence-corrected chi connectivity index (χ1v) is 14.5. The Kier molecular flexibility index (Phi) is 9.84. The minimum atomic E-state index is -1.00. The SMILES string of the molecule is CC(C)(C)OC(=O)CC1(O)CCN(CCC(=O)N2CCN(C3CCN(Cc4ccccc4)CC3)CC2)CC1. The van der Waals surface area contributed by atoms with E-state index >= 15 is 0 Å². The van der Waals surface area contributed by atoms with Crippen molar-refractivity contribution in [1.29, 1.82) is 0 Å². The van der Waals surface area contributed by atoms with Gasteiger partial charge in [0, 0.05) is 64.8 Å². The Bertz CT molecular complexity index is 895. The number of piperazine rings is 1. The number of rotatable bonds is 8. The topological polar surface area (TPSA) is 76.6 Å². The molecule has 1 N–H and O–H groups in total. The molecule has 8 heteroatoms. The van der Waals surface area contributed by atoms with E-state index in [-0.39, 0.29) is 18.3 Å². The lowest BCUT2D eigenvalue weighted by molar-refractivity contribution is -0.162. The highest BCUT2D eigenvalue weighted by Crippen LogP contribution is 2.27. The molecule has 1 aromatic carbocycles. The van der Waals surface area contributed by atoms with Gasteiger partial charge in [-0.15, -0.1) is 0 Å². The number of likely N-dealkylation sites (tertiary alicyclic amines) is 2. The van der Waals surface area contributed by atoms with E-state index in [0.717, 1.165) is 45.8 Å². The Morgan fingerprint density at radius 2 is 1.55 bits per heavy atom. The molecule has 38 heavy (non-hydrogen) atoms. The van der Waals surface area contributed by atoms with Crippen LogP contribution in [0.4, 0.5) is 0 Å². The van der Waals surface area contributed by atoms with Crippen molar-refractivity contribution in [3.63, 3.8) is 0 Å². The molecule has 3 heterocycles. The second kappa shape index (κ2) is 12.9. The molecule has 0 radical (unpaired) electrons. The smallest absolute Gasteiger partial charge is 0.309 e. The van der Waals surface area contributed by atoms with Crippen molar-refractivity contribution in [2.24, 2.45) is 0 Å². The van der Waals surface area contributed by atoms with Crippen molar-refractivity contribution in [3.05, 3.63) is 35.9 Å². The fourth-order valence-corrected chi connectivity index (χ4v) is 6.05. The Labute approximate surface area is 228 Å². The third-order valence-corrected chi connectivity index (χ3v) is 8.31. The number of hydrogen-bond donors (Lipinski definition) is 1. The molecule has 0 aromatic heterocycles. The Morgan fingerprint density at radius 3 is 2.16 bits per heavy atom. The first-order valence-electron chi connectivity index (χ1n) is 14.5.